The molecule has 0 radical (unpaired) electrons. The molecule has 4 rings (SSSR count). The average molecular weight is 375 g/mol. The van der Waals surface area contributed by atoms with E-state index in [0.717, 1.165) is 44.0 Å². The van der Waals surface area contributed by atoms with Crippen molar-refractivity contribution in [2.24, 2.45) is 5.92 Å². The van der Waals surface area contributed by atoms with E-state index >= 15 is 0 Å². The predicted molar refractivity (Wildman–Crippen MR) is 100 cm³/mol. The number of nitrogens with one attached hydrogen (secondary N) is 2. The SMILES string of the molecule is Cc1cc(CN2CCC([C@H]3Nc4ccccc4S(=O)(=O)N3)CC2)oc1C. The maximum Gasteiger partial charge on any atom is 0.244 e. The Kier molecular flexibility index (Phi) is 4.54. The number of para-hydroxylation sites is 1. The first-order valence-corrected chi connectivity index (χ1v) is 10.6. The lowest BCUT2D eigenvalue weighted by atomic mass is 9.93. The summed E-state index contributed by atoms with van der Waals surface area (Å²) in [6.45, 7) is 6.74. The van der Waals surface area contributed by atoms with Crippen LogP contribution in [0.1, 0.15) is 29.9 Å². The largest absolute Gasteiger partial charge is 0.465 e. The van der Waals surface area contributed by atoms with E-state index in [2.05, 4.69) is 27.9 Å². The fraction of sp³-hybridized carbons (Fsp3) is 0.474. The number of hydrogen-bond donors (Lipinski definition) is 2. The molecule has 0 bridgehead atoms. The van der Waals surface area contributed by atoms with Crippen LogP contribution in [0.2, 0.25) is 0 Å². The van der Waals surface area contributed by atoms with E-state index < -0.39 is 10.0 Å². The van der Waals surface area contributed by atoms with Crippen LogP contribution in [0.3, 0.4) is 0 Å². The Hall–Kier alpha value is -1.83. The van der Waals surface area contributed by atoms with Crippen LogP contribution in [0, 0.1) is 19.8 Å². The molecule has 2 aliphatic heterocycles. The highest BCUT2D eigenvalue weighted by Crippen LogP contribution is 2.31. The number of piperidine rings is 1. The fourth-order valence-electron chi connectivity index (χ4n) is 3.85. The number of sulfonamides is 1. The molecule has 1 saturated heterocycles. The lowest BCUT2D eigenvalue weighted by Gasteiger charge is -2.38. The molecule has 1 fully saturated rings. The van der Waals surface area contributed by atoms with Crippen LogP contribution in [-0.4, -0.2) is 32.6 Å². The second-order valence-corrected chi connectivity index (χ2v) is 8.99. The number of anilines is 1. The summed E-state index contributed by atoms with van der Waals surface area (Å²) in [5.74, 6) is 2.26. The number of fused-ring (bicyclic) bond motifs is 1. The Labute approximate surface area is 154 Å². The second-order valence-electron chi connectivity index (χ2n) is 7.30. The lowest BCUT2D eigenvalue weighted by molar-refractivity contribution is 0.154. The normalized spacial score (nSPS) is 23.4. The van der Waals surface area contributed by atoms with Crippen molar-refractivity contribution in [1.82, 2.24) is 9.62 Å². The highest BCUT2D eigenvalue weighted by Gasteiger charge is 2.35. The molecule has 0 saturated carbocycles. The molecule has 2 aliphatic rings. The van der Waals surface area contributed by atoms with Crippen LogP contribution in [0.4, 0.5) is 5.69 Å². The topological polar surface area (TPSA) is 74.6 Å². The molecule has 140 valence electrons. The summed E-state index contributed by atoms with van der Waals surface area (Å²) in [5.41, 5.74) is 1.88. The second kappa shape index (κ2) is 6.72. The van der Waals surface area contributed by atoms with E-state index in [1.54, 1.807) is 12.1 Å². The van der Waals surface area contributed by atoms with E-state index in [1.807, 2.05) is 19.1 Å². The summed E-state index contributed by atoms with van der Waals surface area (Å²) in [7, 11) is -3.45. The molecule has 2 N–H and O–H groups in total. The number of aryl methyl sites for hydroxylation is 2. The minimum atomic E-state index is -3.45. The molecule has 0 amide bonds. The van der Waals surface area contributed by atoms with Crippen molar-refractivity contribution in [2.45, 2.75) is 44.3 Å². The average Bonchev–Trinajstić information content (AvgIpc) is 2.92. The number of benzene rings is 1. The third-order valence-electron chi connectivity index (χ3n) is 5.47. The van der Waals surface area contributed by atoms with Crippen molar-refractivity contribution >= 4 is 15.7 Å². The predicted octanol–water partition coefficient (Wildman–Crippen LogP) is 2.84. The van der Waals surface area contributed by atoms with Crippen molar-refractivity contribution in [1.29, 1.82) is 0 Å². The molecule has 6 nitrogen and oxygen atoms in total. The third kappa shape index (κ3) is 3.39. The van der Waals surface area contributed by atoms with Crippen LogP contribution in [-0.2, 0) is 16.6 Å². The molecule has 1 aromatic heterocycles. The van der Waals surface area contributed by atoms with Gasteiger partial charge in [-0.2, -0.15) is 4.72 Å². The number of likely N-dealkylation sites (tertiary alicyclic amines) is 1. The van der Waals surface area contributed by atoms with Crippen molar-refractivity contribution in [3.8, 4) is 0 Å². The van der Waals surface area contributed by atoms with Gasteiger partial charge in [-0.3, -0.25) is 4.90 Å². The summed E-state index contributed by atoms with van der Waals surface area (Å²) in [5, 5.41) is 3.37. The van der Waals surface area contributed by atoms with Gasteiger partial charge < -0.3 is 9.73 Å². The molecular weight excluding hydrogens is 350 g/mol. The van der Waals surface area contributed by atoms with Gasteiger partial charge in [0, 0.05) is 0 Å². The summed E-state index contributed by atoms with van der Waals surface area (Å²) in [6, 6.07) is 9.18. The van der Waals surface area contributed by atoms with Gasteiger partial charge in [0.2, 0.25) is 10.0 Å². The van der Waals surface area contributed by atoms with Crippen LogP contribution in [0.25, 0.3) is 0 Å². The smallest absolute Gasteiger partial charge is 0.244 e. The molecule has 1 aromatic carbocycles. The highest BCUT2D eigenvalue weighted by atomic mass is 32.2. The molecule has 0 unspecified atom stereocenters. The van der Waals surface area contributed by atoms with Gasteiger partial charge in [-0.15, -0.1) is 0 Å². The fourth-order valence-corrected chi connectivity index (χ4v) is 5.24. The van der Waals surface area contributed by atoms with Crippen LogP contribution < -0.4 is 10.0 Å². The molecule has 3 heterocycles. The number of furan rings is 1. The van der Waals surface area contributed by atoms with Gasteiger partial charge in [-0.05, 0) is 69.5 Å². The summed E-state index contributed by atoms with van der Waals surface area (Å²) >= 11 is 0. The summed E-state index contributed by atoms with van der Waals surface area (Å²) in [6.07, 6.45) is 1.65. The van der Waals surface area contributed by atoms with Gasteiger partial charge in [-0.1, -0.05) is 12.1 Å². The van der Waals surface area contributed by atoms with Crippen LogP contribution in [0.5, 0.6) is 0 Å². The molecular formula is C19H25N3O3S. The monoisotopic (exact) mass is 375 g/mol. The Balaban J connectivity index is 1.39. The van der Waals surface area contributed by atoms with E-state index in [1.165, 1.54) is 5.56 Å². The Morgan fingerprint density at radius 1 is 1.19 bits per heavy atom. The van der Waals surface area contributed by atoms with Gasteiger partial charge in [0.05, 0.1) is 18.4 Å². The first kappa shape index (κ1) is 17.6. The maximum absolute atomic E-state index is 12.5. The van der Waals surface area contributed by atoms with Gasteiger partial charge in [0.1, 0.15) is 16.4 Å². The van der Waals surface area contributed by atoms with E-state index in [-0.39, 0.29) is 12.1 Å². The summed E-state index contributed by atoms with van der Waals surface area (Å²) in [4.78, 5) is 2.71. The first-order valence-electron chi connectivity index (χ1n) is 9.08. The van der Waals surface area contributed by atoms with E-state index in [9.17, 15) is 8.42 Å². The zero-order valence-corrected chi connectivity index (χ0v) is 16.0. The van der Waals surface area contributed by atoms with Gasteiger partial charge >= 0.3 is 0 Å². The Morgan fingerprint density at radius 2 is 1.92 bits per heavy atom. The van der Waals surface area contributed by atoms with Gasteiger partial charge in [-0.25, -0.2) is 8.42 Å². The van der Waals surface area contributed by atoms with Crippen LogP contribution >= 0.6 is 0 Å². The number of rotatable bonds is 3. The molecule has 1 atom stereocenters. The molecule has 7 heteroatoms. The molecule has 0 aliphatic carbocycles. The van der Waals surface area contributed by atoms with E-state index in [4.69, 9.17) is 4.42 Å². The highest BCUT2D eigenvalue weighted by molar-refractivity contribution is 7.89. The van der Waals surface area contributed by atoms with Crippen LogP contribution in [0.15, 0.2) is 39.6 Å². The summed E-state index contributed by atoms with van der Waals surface area (Å²) < 4.78 is 33.6. The van der Waals surface area contributed by atoms with Crippen molar-refractivity contribution in [3.05, 3.63) is 47.4 Å². The zero-order chi connectivity index (χ0) is 18.3. The van der Waals surface area contributed by atoms with Gasteiger partial charge in [0.25, 0.3) is 0 Å². The van der Waals surface area contributed by atoms with Crippen molar-refractivity contribution in [3.63, 3.8) is 0 Å². The molecule has 2 aromatic rings. The quantitative estimate of drug-likeness (QED) is 0.863. The van der Waals surface area contributed by atoms with Gasteiger partial charge in [0.15, 0.2) is 0 Å². The molecule has 26 heavy (non-hydrogen) atoms. The standard InChI is InChI=1S/C19H25N3O3S/c1-13-11-16(25-14(13)2)12-22-9-7-15(8-10-22)19-20-17-5-3-4-6-18(17)26(23,24)21-19/h3-6,11,15,19-21H,7-10,12H2,1-2H3/t19-/m0/s1. The van der Waals surface area contributed by atoms with Crippen molar-refractivity contribution < 1.29 is 12.8 Å². The maximum atomic E-state index is 12.5. The van der Waals surface area contributed by atoms with Crippen molar-refractivity contribution in [2.75, 3.05) is 18.4 Å². The third-order valence-corrected chi connectivity index (χ3v) is 6.97. The minimum Gasteiger partial charge on any atom is -0.465 e. The lowest BCUT2D eigenvalue weighted by Crippen LogP contribution is -2.51. The minimum absolute atomic E-state index is 0.245. The Bertz CT molecular complexity index is 879. The molecule has 0 spiro atoms. The number of nitrogens with zero attached hydrogens (tertiary/aromatic N) is 1. The first-order chi connectivity index (χ1) is 12.4. The Morgan fingerprint density at radius 3 is 2.62 bits per heavy atom. The van der Waals surface area contributed by atoms with E-state index in [0.29, 0.717) is 10.6 Å². The zero-order valence-electron chi connectivity index (χ0n) is 15.2. The number of hydrogen-bond acceptors (Lipinski definition) is 5.